The van der Waals surface area contributed by atoms with Gasteiger partial charge in [-0.3, -0.25) is 4.79 Å². The highest BCUT2D eigenvalue weighted by Crippen LogP contribution is 2.21. The summed E-state index contributed by atoms with van der Waals surface area (Å²) in [6, 6.07) is 4.27. The van der Waals surface area contributed by atoms with Gasteiger partial charge >= 0.3 is 0 Å². The zero-order valence-electron chi connectivity index (χ0n) is 15.9. The summed E-state index contributed by atoms with van der Waals surface area (Å²) in [6.45, 7) is 8.61. The summed E-state index contributed by atoms with van der Waals surface area (Å²) in [7, 11) is -3.62. The van der Waals surface area contributed by atoms with Crippen molar-refractivity contribution in [3.63, 3.8) is 0 Å². The predicted molar refractivity (Wildman–Crippen MR) is 106 cm³/mol. The topological polar surface area (TPSA) is 87.3 Å². The third kappa shape index (κ3) is 6.23. The minimum Gasteiger partial charge on any atom is -0.353 e. The van der Waals surface area contributed by atoms with Gasteiger partial charge in [0.05, 0.1) is 4.90 Å². The number of piperidine rings is 1. The largest absolute Gasteiger partial charge is 0.353 e. The number of aryl methyl sites for hydroxylation is 3. The molecular weight excluding hydrogens is 374 g/mol. The molecule has 1 aliphatic rings. The van der Waals surface area contributed by atoms with Crippen LogP contribution in [0.15, 0.2) is 17.0 Å². The van der Waals surface area contributed by atoms with E-state index in [1.807, 2.05) is 19.1 Å². The molecule has 2 atom stereocenters. The van der Waals surface area contributed by atoms with E-state index in [9.17, 15) is 13.2 Å². The van der Waals surface area contributed by atoms with Gasteiger partial charge in [0.15, 0.2) is 0 Å². The maximum absolute atomic E-state index is 12.5. The van der Waals surface area contributed by atoms with E-state index < -0.39 is 10.0 Å². The molecule has 1 aromatic carbocycles. The number of benzene rings is 1. The van der Waals surface area contributed by atoms with E-state index in [0.717, 1.165) is 36.1 Å². The molecule has 1 saturated heterocycles. The zero-order chi connectivity index (χ0) is 18.6. The molecule has 1 aliphatic heterocycles. The molecule has 6 nitrogen and oxygen atoms in total. The van der Waals surface area contributed by atoms with Crippen molar-refractivity contribution in [2.45, 2.75) is 63.9 Å². The fraction of sp³-hybridized carbons (Fsp3) is 0.611. The summed E-state index contributed by atoms with van der Waals surface area (Å²) in [6.07, 6.45) is 1.95. The van der Waals surface area contributed by atoms with Crippen molar-refractivity contribution in [3.8, 4) is 0 Å². The van der Waals surface area contributed by atoms with Crippen molar-refractivity contribution in [1.82, 2.24) is 15.4 Å². The summed E-state index contributed by atoms with van der Waals surface area (Å²) in [5, 5.41) is 6.33. The lowest BCUT2D eigenvalue weighted by Crippen LogP contribution is -2.47. The van der Waals surface area contributed by atoms with Gasteiger partial charge in [-0.2, -0.15) is 0 Å². The molecular formula is C18H30ClN3O3S. The van der Waals surface area contributed by atoms with Gasteiger partial charge in [0.2, 0.25) is 15.9 Å². The van der Waals surface area contributed by atoms with E-state index in [4.69, 9.17) is 0 Å². The normalized spacial score (nSPS) is 20.3. The molecule has 26 heavy (non-hydrogen) atoms. The number of nitrogens with one attached hydrogen (secondary N) is 3. The first-order chi connectivity index (χ1) is 11.7. The van der Waals surface area contributed by atoms with Crippen LogP contribution >= 0.6 is 12.4 Å². The van der Waals surface area contributed by atoms with Crippen LogP contribution in [0, 0.1) is 20.8 Å². The Bertz CT molecular complexity index is 714. The van der Waals surface area contributed by atoms with Gasteiger partial charge in [0.1, 0.15) is 0 Å². The molecule has 1 heterocycles. The number of carbonyl (C=O) groups excluding carboxylic acids is 1. The van der Waals surface area contributed by atoms with Crippen molar-refractivity contribution < 1.29 is 13.2 Å². The number of hydrogen-bond acceptors (Lipinski definition) is 4. The highest BCUT2D eigenvalue weighted by Gasteiger charge is 2.22. The molecule has 0 saturated carbocycles. The van der Waals surface area contributed by atoms with Gasteiger partial charge in [0, 0.05) is 25.0 Å². The monoisotopic (exact) mass is 403 g/mol. The molecule has 1 aromatic rings. The third-order valence-electron chi connectivity index (χ3n) is 4.51. The Morgan fingerprint density at radius 1 is 1.23 bits per heavy atom. The van der Waals surface area contributed by atoms with Crippen molar-refractivity contribution >= 4 is 28.3 Å². The predicted octanol–water partition coefficient (Wildman–Crippen LogP) is 1.96. The van der Waals surface area contributed by atoms with Crippen molar-refractivity contribution in [1.29, 1.82) is 0 Å². The maximum Gasteiger partial charge on any atom is 0.241 e. The van der Waals surface area contributed by atoms with Crippen LogP contribution in [0.25, 0.3) is 0 Å². The standard InChI is InChI=1S/C18H29N3O3S.ClH/c1-12-9-13(2)18(14(3)10-12)25(23,24)20-8-6-17(22)21-16-5-7-19-15(4)11-16;/h9-10,15-16,19-20H,5-8,11H2,1-4H3,(H,21,22);1H. The van der Waals surface area contributed by atoms with E-state index in [-0.39, 0.29) is 37.3 Å². The van der Waals surface area contributed by atoms with Crippen LogP contribution in [0.1, 0.15) is 42.9 Å². The van der Waals surface area contributed by atoms with Gasteiger partial charge in [-0.15, -0.1) is 12.4 Å². The van der Waals surface area contributed by atoms with Gasteiger partial charge in [0.25, 0.3) is 0 Å². The second kappa shape index (κ2) is 9.69. The van der Waals surface area contributed by atoms with Gasteiger partial charge in [-0.1, -0.05) is 17.7 Å². The first-order valence-corrected chi connectivity index (χ1v) is 10.3. The Hall–Kier alpha value is -1.15. The van der Waals surface area contributed by atoms with Crippen molar-refractivity contribution in [2.75, 3.05) is 13.1 Å². The molecule has 3 N–H and O–H groups in total. The summed E-state index contributed by atoms with van der Waals surface area (Å²) in [5.74, 6) is -0.112. The minimum absolute atomic E-state index is 0. The highest BCUT2D eigenvalue weighted by molar-refractivity contribution is 7.89. The molecule has 0 radical (unpaired) electrons. The number of rotatable bonds is 6. The van der Waals surface area contributed by atoms with Crippen molar-refractivity contribution in [2.24, 2.45) is 0 Å². The van der Waals surface area contributed by atoms with E-state index in [1.165, 1.54) is 0 Å². The zero-order valence-corrected chi connectivity index (χ0v) is 17.5. The molecule has 0 bridgehead atoms. The smallest absolute Gasteiger partial charge is 0.241 e. The van der Waals surface area contributed by atoms with Crippen LogP contribution in [0.5, 0.6) is 0 Å². The summed E-state index contributed by atoms with van der Waals surface area (Å²) in [5.41, 5.74) is 2.47. The molecule has 8 heteroatoms. The lowest BCUT2D eigenvalue weighted by Gasteiger charge is -2.28. The third-order valence-corrected chi connectivity index (χ3v) is 6.27. The molecule has 0 spiro atoms. The number of sulfonamides is 1. The van der Waals surface area contributed by atoms with Crippen LogP contribution in [0.2, 0.25) is 0 Å². The fourth-order valence-electron chi connectivity index (χ4n) is 3.52. The highest BCUT2D eigenvalue weighted by atomic mass is 35.5. The fourth-order valence-corrected chi connectivity index (χ4v) is 5.01. The molecule has 1 amide bonds. The average Bonchev–Trinajstić information content (AvgIpc) is 2.45. The first kappa shape index (κ1) is 22.9. The van der Waals surface area contributed by atoms with Crippen LogP contribution in [-0.4, -0.2) is 39.5 Å². The first-order valence-electron chi connectivity index (χ1n) is 8.79. The SMILES string of the molecule is Cc1cc(C)c(S(=O)(=O)NCCC(=O)NC2CCNC(C)C2)c(C)c1.Cl. The minimum atomic E-state index is -3.62. The lowest BCUT2D eigenvalue weighted by molar-refractivity contribution is -0.121. The molecule has 2 unspecified atom stereocenters. The number of hydrogen-bond donors (Lipinski definition) is 3. The van der Waals surface area contributed by atoms with E-state index in [1.54, 1.807) is 13.8 Å². The maximum atomic E-state index is 12.5. The van der Waals surface area contributed by atoms with Crippen molar-refractivity contribution in [3.05, 3.63) is 28.8 Å². The molecule has 0 aliphatic carbocycles. The second-order valence-electron chi connectivity index (χ2n) is 7.02. The summed E-state index contributed by atoms with van der Waals surface area (Å²) in [4.78, 5) is 12.4. The van der Waals surface area contributed by atoms with Gasteiger partial charge in [-0.25, -0.2) is 13.1 Å². The van der Waals surface area contributed by atoms with Gasteiger partial charge in [-0.05, 0) is 58.2 Å². The number of carbonyl (C=O) groups is 1. The average molecular weight is 404 g/mol. The van der Waals surface area contributed by atoms with E-state index in [0.29, 0.717) is 10.9 Å². The number of amides is 1. The molecule has 0 aromatic heterocycles. The molecule has 148 valence electrons. The van der Waals surface area contributed by atoms with Crippen LogP contribution in [0.4, 0.5) is 0 Å². The summed E-state index contributed by atoms with van der Waals surface area (Å²) < 4.78 is 27.6. The Morgan fingerprint density at radius 3 is 2.42 bits per heavy atom. The van der Waals surface area contributed by atoms with Crippen LogP contribution < -0.4 is 15.4 Å². The van der Waals surface area contributed by atoms with Crippen LogP contribution in [-0.2, 0) is 14.8 Å². The Balaban J connectivity index is 0.00000338. The Morgan fingerprint density at radius 2 is 1.85 bits per heavy atom. The quantitative estimate of drug-likeness (QED) is 0.677. The second-order valence-corrected chi connectivity index (χ2v) is 8.72. The molecule has 2 rings (SSSR count). The molecule has 1 fully saturated rings. The van der Waals surface area contributed by atoms with E-state index >= 15 is 0 Å². The van der Waals surface area contributed by atoms with Crippen LogP contribution in [0.3, 0.4) is 0 Å². The number of halogens is 1. The van der Waals surface area contributed by atoms with E-state index in [2.05, 4.69) is 22.3 Å². The lowest BCUT2D eigenvalue weighted by atomic mass is 10.0. The van der Waals surface area contributed by atoms with Gasteiger partial charge < -0.3 is 10.6 Å². The Kier molecular flexibility index (Phi) is 8.53. The summed E-state index contributed by atoms with van der Waals surface area (Å²) >= 11 is 0. The Labute approximate surface area is 163 Å².